The lowest BCUT2D eigenvalue weighted by Crippen LogP contribution is -2.41. The summed E-state index contributed by atoms with van der Waals surface area (Å²) in [4.78, 5) is 2.48. The molecule has 0 aromatic carbocycles. The highest BCUT2D eigenvalue weighted by atomic mass is 15.1. The van der Waals surface area contributed by atoms with Crippen LogP contribution in [0.1, 0.15) is 54.9 Å². The second kappa shape index (κ2) is 4.18. The standard InChI is InChI=1S/C15H29N/c1-11-9-12(14(2,3)4)13(10-16(11)8)15(5,6)7/h11H,9-10H2,1-8H3. The summed E-state index contributed by atoms with van der Waals surface area (Å²) in [7, 11) is 2.25. The molecular weight excluding hydrogens is 194 g/mol. The maximum absolute atomic E-state index is 2.48. The molecule has 0 bridgehead atoms. The third-order valence-corrected chi connectivity index (χ3v) is 3.83. The van der Waals surface area contributed by atoms with E-state index in [0.29, 0.717) is 16.9 Å². The summed E-state index contributed by atoms with van der Waals surface area (Å²) in [6.45, 7) is 17.6. The van der Waals surface area contributed by atoms with Crippen LogP contribution in [0.15, 0.2) is 11.1 Å². The number of likely N-dealkylation sites (N-methyl/N-ethyl adjacent to an activating group) is 1. The first-order valence-corrected chi connectivity index (χ1v) is 6.46. The van der Waals surface area contributed by atoms with Gasteiger partial charge in [0.1, 0.15) is 0 Å². The molecule has 0 radical (unpaired) electrons. The van der Waals surface area contributed by atoms with Gasteiger partial charge in [0, 0.05) is 12.6 Å². The van der Waals surface area contributed by atoms with Gasteiger partial charge in [0.2, 0.25) is 0 Å². The lowest BCUT2D eigenvalue weighted by molar-refractivity contribution is 0.220. The minimum absolute atomic E-state index is 0.303. The van der Waals surface area contributed by atoms with Gasteiger partial charge in [-0.3, -0.25) is 4.90 Å². The molecule has 94 valence electrons. The average Bonchev–Trinajstić information content (AvgIpc) is 2.05. The van der Waals surface area contributed by atoms with Crippen molar-refractivity contribution in [3.05, 3.63) is 11.1 Å². The van der Waals surface area contributed by atoms with Crippen molar-refractivity contribution in [1.29, 1.82) is 0 Å². The van der Waals surface area contributed by atoms with Crippen molar-refractivity contribution in [3.63, 3.8) is 0 Å². The van der Waals surface area contributed by atoms with Crippen molar-refractivity contribution >= 4 is 0 Å². The Bertz CT molecular complexity index is 256. The largest absolute Gasteiger partial charge is 0.299 e. The Balaban J connectivity index is 3.20. The summed E-state index contributed by atoms with van der Waals surface area (Å²) in [5.41, 5.74) is 3.96. The molecule has 1 aliphatic rings. The van der Waals surface area contributed by atoms with Crippen molar-refractivity contribution in [1.82, 2.24) is 4.90 Å². The van der Waals surface area contributed by atoms with Crippen LogP contribution >= 0.6 is 0 Å². The summed E-state index contributed by atoms with van der Waals surface area (Å²) in [6.07, 6.45) is 1.23. The zero-order valence-corrected chi connectivity index (χ0v) is 12.4. The van der Waals surface area contributed by atoms with Crippen LogP contribution < -0.4 is 0 Å². The van der Waals surface area contributed by atoms with E-state index in [1.54, 1.807) is 11.1 Å². The van der Waals surface area contributed by atoms with Crippen molar-refractivity contribution in [2.45, 2.75) is 60.9 Å². The number of nitrogens with zero attached hydrogens (tertiary/aromatic N) is 1. The van der Waals surface area contributed by atoms with E-state index in [4.69, 9.17) is 0 Å². The Morgan fingerprint density at radius 2 is 1.38 bits per heavy atom. The molecule has 0 aliphatic carbocycles. The van der Waals surface area contributed by atoms with Crippen molar-refractivity contribution in [2.24, 2.45) is 10.8 Å². The van der Waals surface area contributed by atoms with E-state index in [2.05, 4.69) is 60.4 Å². The maximum Gasteiger partial charge on any atom is 0.0200 e. The normalized spacial score (nSPS) is 25.1. The van der Waals surface area contributed by atoms with Gasteiger partial charge < -0.3 is 0 Å². The first-order valence-electron chi connectivity index (χ1n) is 6.46. The first-order chi connectivity index (χ1) is 7.03. The Hall–Kier alpha value is -0.300. The third kappa shape index (κ3) is 2.88. The Morgan fingerprint density at radius 3 is 1.75 bits per heavy atom. The summed E-state index contributed by atoms with van der Waals surface area (Å²) >= 11 is 0. The predicted octanol–water partition coefficient (Wildman–Crippen LogP) is 4.10. The number of hydrogen-bond donors (Lipinski definition) is 0. The minimum Gasteiger partial charge on any atom is -0.299 e. The van der Waals surface area contributed by atoms with E-state index >= 15 is 0 Å². The van der Waals surface area contributed by atoms with Crippen molar-refractivity contribution in [3.8, 4) is 0 Å². The third-order valence-electron chi connectivity index (χ3n) is 3.83. The van der Waals surface area contributed by atoms with Crippen LogP contribution in [0, 0.1) is 10.8 Å². The predicted molar refractivity (Wildman–Crippen MR) is 72.6 cm³/mol. The van der Waals surface area contributed by atoms with Crippen LogP contribution in [0.5, 0.6) is 0 Å². The van der Waals surface area contributed by atoms with Crippen LogP contribution in [0.2, 0.25) is 0 Å². The molecule has 0 spiro atoms. The van der Waals surface area contributed by atoms with Gasteiger partial charge in [-0.15, -0.1) is 0 Å². The monoisotopic (exact) mass is 223 g/mol. The Morgan fingerprint density at radius 1 is 0.938 bits per heavy atom. The Labute approximate surface area is 102 Å². The Kier molecular flexibility index (Phi) is 3.59. The van der Waals surface area contributed by atoms with E-state index in [1.165, 1.54) is 6.42 Å². The highest BCUT2D eigenvalue weighted by Gasteiger charge is 2.33. The van der Waals surface area contributed by atoms with E-state index in [0.717, 1.165) is 6.54 Å². The van der Waals surface area contributed by atoms with Gasteiger partial charge in [0.25, 0.3) is 0 Å². The van der Waals surface area contributed by atoms with Gasteiger partial charge in [0.15, 0.2) is 0 Å². The summed E-state index contributed by atoms with van der Waals surface area (Å²) in [5, 5.41) is 0. The molecule has 1 heterocycles. The molecule has 0 aromatic heterocycles. The molecule has 0 fully saturated rings. The molecule has 1 rings (SSSR count). The van der Waals surface area contributed by atoms with E-state index < -0.39 is 0 Å². The molecule has 0 amide bonds. The zero-order chi connectivity index (χ0) is 12.7. The molecule has 16 heavy (non-hydrogen) atoms. The molecule has 1 aliphatic heterocycles. The fourth-order valence-electron chi connectivity index (χ4n) is 2.52. The molecular formula is C15H29N. The second-order valence-electron chi connectivity index (χ2n) is 7.43. The van der Waals surface area contributed by atoms with E-state index in [-0.39, 0.29) is 0 Å². The maximum atomic E-state index is 2.48. The molecule has 0 N–H and O–H groups in total. The first kappa shape index (κ1) is 13.8. The smallest absolute Gasteiger partial charge is 0.0200 e. The fourth-order valence-corrected chi connectivity index (χ4v) is 2.52. The van der Waals surface area contributed by atoms with Crippen LogP contribution in [0.4, 0.5) is 0 Å². The number of hydrogen-bond acceptors (Lipinski definition) is 1. The van der Waals surface area contributed by atoms with Gasteiger partial charge >= 0.3 is 0 Å². The second-order valence-corrected chi connectivity index (χ2v) is 7.43. The molecule has 1 atom stereocenters. The van der Waals surface area contributed by atoms with E-state index in [9.17, 15) is 0 Å². The molecule has 0 saturated heterocycles. The van der Waals surface area contributed by atoms with Gasteiger partial charge in [-0.1, -0.05) is 52.7 Å². The fraction of sp³-hybridized carbons (Fsp3) is 0.867. The number of rotatable bonds is 0. The van der Waals surface area contributed by atoms with Crippen LogP contribution in [-0.4, -0.2) is 24.5 Å². The van der Waals surface area contributed by atoms with Gasteiger partial charge in [-0.2, -0.15) is 0 Å². The zero-order valence-electron chi connectivity index (χ0n) is 12.4. The summed E-state index contributed by atoms with van der Waals surface area (Å²) in [5.74, 6) is 0. The highest BCUT2D eigenvalue weighted by molar-refractivity contribution is 5.29. The van der Waals surface area contributed by atoms with E-state index in [1.807, 2.05) is 0 Å². The highest BCUT2D eigenvalue weighted by Crippen LogP contribution is 2.42. The molecule has 1 unspecified atom stereocenters. The molecule has 1 heteroatoms. The summed E-state index contributed by atoms with van der Waals surface area (Å²) in [6, 6.07) is 0.681. The van der Waals surface area contributed by atoms with Crippen LogP contribution in [0.3, 0.4) is 0 Å². The average molecular weight is 223 g/mol. The quantitative estimate of drug-likeness (QED) is 0.559. The lowest BCUT2D eigenvalue weighted by atomic mass is 9.71. The minimum atomic E-state index is 0.303. The molecule has 0 aromatic rings. The molecule has 1 nitrogen and oxygen atoms in total. The summed E-state index contributed by atoms with van der Waals surface area (Å²) < 4.78 is 0. The van der Waals surface area contributed by atoms with Crippen molar-refractivity contribution in [2.75, 3.05) is 13.6 Å². The van der Waals surface area contributed by atoms with Crippen LogP contribution in [-0.2, 0) is 0 Å². The SMILES string of the molecule is CC1CC(C(C)(C)C)=C(C(C)(C)C)CN1C. The molecule has 0 saturated carbocycles. The topological polar surface area (TPSA) is 3.24 Å². The van der Waals surface area contributed by atoms with Crippen LogP contribution in [0.25, 0.3) is 0 Å². The van der Waals surface area contributed by atoms with Gasteiger partial charge in [-0.25, -0.2) is 0 Å². The lowest BCUT2D eigenvalue weighted by Gasteiger charge is -2.43. The van der Waals surface area contributed by atoms with Gasteiger partial charge in [-0.05, 0) is 31.2 Å². The van der Waals surface area contributed by atoms with Gasteiger partial charge in [0.05, 0.1) is 0 Å². The van der Waals surface area contributed by atoms with Crippen molar-refractivity contribution < 1.29 is 0 Å².